The lowest BCUT2D eigenvalue weighted by Crippen LogP contribution is -2.55. The second-order valence-corrected chi connectivity index (χ2v) is 13.4. The number of hydrogen-bond acceptors (Lipinski definition) is 6. The number of aliphatic hydroxyl groups is 1. The molecule has 4 rings (SSSR count). The van der Waals surface area contributed by atoms with Crippen molar-refractivity contribution in [3.05, 3.63) is 49.6 Å². The van der Waals surface area contributed by atoms with Gasteiger partial charge >= 0.3 is 0 Å². The van der Waals surface area contributed by atoms with Gasteiger partial charge in [0.05, 0.1) is 23.2 Å². The molecule has 1 N–H and O–H groups in total. The maximum absolute atomic E-state index is 14.4. The summed E-state index contributed by atoms with van der Waals surface area (Å²) in [5.74, 6) is -0.465. The summed E-state index contributed by atoms with van der Waals surface area (Å²) in [7, 11) is 0. The number of aliphatic hydroxyl groups excluding tert-OH is 1. The first-order valence-electron chi connectivity index (χ1n) is 16.0. The van der Waals surface area contributed by atoms with Crippen LogP contribution in [0, 0.1) is 11.8 Å². The third kappa shape index (κ3) is 6.68. The van der Waals surface area contributed by atoms with Crippen LogP contribution in [0.25, 0.3) is 0 Å². The van der Waals surface area contributed by atoms with Crippen molar-refractivity contribution in [1.29, 1.82) is 0 Å². The highest BCUT2D eigenvalue weighted by Crippen LogP contribution is 2.66. The van der Waals surface area contributed by atoms with Crippen molar-refractivity contribution in [3.63, 3.8) is 0 Å². The van der Waals surface area contributed by atoms with Crippen molar-refractivity contribution < 1.29 is 24.2 Å². The summed E-state index contributed by atoms with van der Waals surface area (Å²) >= 11 is 1.71. The molecule has 0 radical (unpaired) electrons. The van der Waals surface area contributed by atoms with Crippen molar-refractivity contribution >= 4 is 35.2 Å². The van der Waals surface area contributed by atoms with Gasteiger partial charge in [-0.25, -0.2) is 0 Å². The monoisotopic (exact) mass is 611 g/mol. The van der Waals surface area contributed by atoms with Crippen LogP contribution in [0.1, 0.15) is 65.2 Å². The van der Waals surface area contributed by atoms with E-state index < -0.39 is 22.6 Å². The molecule has 1 aromatic carbocycles. The fourth-order valence-electron chi connectivity index (χ4n) is 7.19. The molecule has 0 saturated carbocycles. The molecule has 2 bridgehead atoms. The Labute approximate surface area is 261 Å². The maximum Gasteiger partial charge on any atom is 0.247 e. The molecule has 5 atom stereocenters. The largest absolute Gasteiger partial charge is 0.494 e. The van der Waals surface area contributed by atoms with E-state index in [0.29, 0.717) is 32.8 Å². The number of unbranched alkanes of at least 4 members (excludes halogenated alkanes) is 4. The first kappa shape index (κ1) is 33.1. The molecule has 0 aliphatic carbocycles. The maximum atomic E-state index is 14.4. The van der Waals surface area contributed by atoms with E-state index in [1.165, 1.54) is 0 Å². The van der Waals surface area contributed by atoms with E-state index in [4.69, 9.17) is 4.74 Å². The van der Waals surface area contributed by atoms with E-state index in [1.54, 1.807) is 28.8 Å². The molecule has 1 spiro atoms. The molecule has 3 amide bonds. The third-order valence-electron chi connectivity index (χ3n) is 9.11. The Kier molecular flexibility index (Phi) is 11.8. The highest BCUT2D eigenvalue weighted by molar-refractivity contribution is 8.02. The lowest BCUT2D eigenvalue weighted by atomic mass is 9.70. The second-order valence-electron chi connectivity index (χ2n) is 11.8. The van der Waals surface area contributed by atoms with Gasteiger partial charge in [0.25, 0.3) is 0 Å². The predicted octanol–water partition coefficient (Wildman–Crippen LogP) is 5.06. The van der Waals surface area contributed by atoms with Crippen molar-refractivity contribution in [1.82, 2.24) is 9.80 Å². The summed E-state index contributed by atoms with van der Waals surface area (Å²) < 4.78 is 4.98. The normalized spacial score (nSPS) is 25.5. The van der Waals surface area contributed by atoms with E-state index in [9.17, 15) is 19.5 Å². The minimum Gasteiger partial charge on any atom is -0.494 e. The molecule has 3 aliphatic rings. The van der Waals surface area contributed by atoms with Gasteiger partial charge in [0.2, 0.25) is 17.7 Å². The number of carbonyl (C=O) groups is 3. The van der Waals surface area contributed by atoms with Crippen LogP contribution in [-0.2, 0) is 14.4 Å². The van der Waals surface area contributed by atoms with Gasteiger partial charge < -0.3 is 24.5 Å². The van der Waals surface area contributed by atoms with Crippen LogP contribution in [-0.4, -0.2) is 88.1 Å². The molecule has 0 aromatic heterocycles. The second kappa shape index (κ2) is 15.3. The number of nitrogens with zero attached hydrogens (tertiary/aromatic N) is 3. The molecule has 236 valence electrons. The molecule has 2 unspecified atom stereocenters. The van der Waals surface area contributed by atoms with Crippen LogP contribution < -0.4 is 9.64 Å². The molecular formula is C34H49N3O5S. The summed E-state index contributed by atoms with van der Waals surface area (Å²) in [5.41, 5.74) is 0.741. The Morgan fingerprint density at radius 3 is 2.44 bits per heavy atom. The summed E-state index contributed by atoms with van der Waals surface area (Å²) in [5, 5.41) is 9.19. The standard InChI is InChI=1S/C34H49N3O5S/c1-5-9-22-35(20-6-2)33(41)30-34-19-18-27(43-34)28(29(34)32(40)37(30)23-12-10-11-13-24-38)31(39)36(21-7-3)25-14-16-26(17-15-25)42-8-4/h6-7,14-17,27-30,38H,2-3,5,8-13,18-24H2,1,4H3/t27-,28+,29+,30?,34?/m1/s1. The van der Waals surface area contributed by atoms with Crippen LogP contribution in [0.5, 0.6) is 5.75 Å². The smallest absolute Gasteiger partial charge is 0.247 e. The molecule has 1 aromatic rings. The summed E-state index contributed by atoms with van der Waals surface area (Å²) in [6, 6.07) is 6.89. The third-order valence-corrected chi connectivity index (χ3v) is 11.1. The lowest BCUT2D eigenvalue weighted by Gasteiger charge is -2.37. The van der Waals surface area contributed by atoms with Crippen LogP contribution in [0.4, 0.5) is 5.69 Å². The number of fused-ring (bicyclic) bond motifs is 1. The number of likely N-dealkylation sites (tertiary alicyclic amines) is 1. The van der Waals surface area contributed by atoms with E-state index in [0.717, 1.165) is 62.8 Å². The highest BCUT2D eigenvalue weighted by atomic mass is 32.2. The number of amides is 3. The number of thioether (sulfide) groups is 1. The molecule has 9 heteroatoms. The average molecular weight is 612 g/mol. The van der Waals surface area contributed by atoms with Crippen LogP contribution in [0.3, 0.4) is 0 Å². The van der Waals surface area contributed by atoms with Crippen molar-refractivity contribution in [3.8, 4) is 5.75 Å². The van der Waals surface area contributed by atoms with E-state index in [2.05, 4.69) is 20.1 Å². The summed E-state index contributed by atoms with van der Waals surface area (Å²) in [6.45, 7) is 14.4. The van der Waals surface area contributed by atoms with Gasteiger partial charge in [-0.05, 0) is 63.3 Å². The highest BCUT2D eigenvalue weighted by Gasteiger charge is 2.74. The van der Waals surface area contributed by atoms with Crippen molar-refractivity contribution in [2.24, 2.45) is 11.8 Å². The minimum absolute atomic E-state index is 0.0121. The first-order chi connectivity index (χ1) is 20.9. The quantitative estimate of drug-likeness (QED) is 0.184. The fraction of sp³-hybridized carbons (Fsp3) is 0.618. The first-order valence-corrected chi connectivity index (χ1v) is 16.9. The van der Waals surface area contributed by atoms with Gasteiger partial charge in [-0.1, -0.05) is 38.3 Å². The zero-order valence-corrected chi connectivity index (χ0v) is 26.7. The van der Waals surface area contributed by atoms with Gasteiger partial charge in [-0.15, -0.1) is 24.9 Å². The van der Waals surface area contributed by atoms with E-state index in [-0.39, 0.29) is 29.6 Å². The Morgan fingerprint density at radius 2 is 1.79 bits per heavy atom. The molecule has 43 heavy (non-hydrogen) atoms. The van der Waals surface area contributed by atoms with Gasteiger partial charge in [0, 0.05) is 43.7 Å². The molecule has 3 fully saturated rings. The Hall–Kier alpha value is -2.78. The minimum atomic E-state index is -0.617. The van der Waals surface area contributed by atoms with E-state index >= 15 is 0 Å². The van der Waals surface area contributed by atoms with Crippen LogP contribution in [0.15, 0.2) is 49.6 Å². The number of benzene rings is 1. The number of rotatable bonds is 18. The Morgan fingerprint density at radius 1 is 1.07 bits per heavy atom. The fourth-order valence-corrected chi connectivity index (χ4v) is 9.40. The zero-order chi connectivity index (χ0) is 31.0. The summed E-state index contributed by atoms with van der Waals surface area (Å²) in [6.07, 6.45) is 10.1. The molecule has 8 nitrogen and oxygen atoms in total. The Balaban J connectivity index is 1.67. The van der Waals surface area contributed by atoms with Gasteiger partial charge in [0.1, 0.15) is 11.8 Å². The van der Waals surface area contributed by atoms with Crippen molar-refractivity contribution in [2.45, 2.75) is 81.3 Å². The number of carbonyl (C=O) groups excluding carboxylic acids is 3. The molecule has 3 heterocycles. The summed E-state index contributed by atoms with van der Waals surface area (Å²) in [4.78, 5) is 48.7. The molecule has 3 saturated heterocycles. The van der Waals surface area contributed by atoms with Crippen LogP contribution in [0.2, 0.25) is 0 Å². The molecule has 3 aliphatic heterocycles. The van der Waals surface area contributed by atoms with Gasteiger partial charge in [-0.3, -0.25) is 14.4 Å². The number of anilines is 1. The number of ether oxygens (including phenoxy) is 1. The van der Waals surface area contributed by atoms with E-state index in [1.807, 2.05) is 41.0 Å². The zero-order valence-electron chi connectivity index (χ0n) is 25.9. The molecular weight excluding hydrogens is 562 g/mol. The lowest BCUT2D eigenvalue weighted by molar-refractivity contribution is -0.142. The Bertz CT molecular complexity index is 1140. The average Bonchev–Trinajstić information content (AvgIpc) is 3.65. The van der Waals surface area contributed by atoms with Gasteiger partial charge in [0.15, 0.2) is 0 Å². The predicted molar refractivity (Wildman–Crippen MR) is 173 cm³/mol. The van der Waals surface area contributed by atoms with Crippen molar-refractivity contribution in [2.75, 3.05) is 44.3 Å². The topological polar surface area (TPSA) is 90.4 Å². The van der Waals surface area contributed by atoms with Gasteiger partial charge in [-0.2, -0.15) is 0 Å². The number of hydrogen-bond donors (Lipinski definition) is 1. The van der Waals surface area contributed by atoms with Crippen LogP contribution >= 0.6 is 11.8 Å². The SMILES string of the molecule is C=CCN(CCCC)C(=O)C1N(CCCCCCO)C(=O)[C@@H]2[C@@H](C(=O)N(CC=C)c3ccc(OCC)cc3)[C@H]3CCC12S3.